The van der Waals surface area contributed by atoms with Gasteiger partial charge >= 0.3 is 11.9 Å². The van der Waals surface area contributed by atoms with E-state index in [0.29, 0.717) is 11.8 Å². The number of halogens is 3. The molecule has 0 spiro atoms. The van der Waals surface area contributed by atoms with E-state index < -0.39 is 22.4 Å². The molecule has 0 aliphatic carbocycles. The molecule has 0 bridgehead atoms. The highest BCUT2D eigenvalue weighted by Gasteiger charge is 2.33. The molecule has 0 aromatic heterocycles. The van der Waals surface area contributed by atoms with Crippen LogP contribution in [0.25, 0.3) is 0 Å². The average Bonchev–Trinajstić information content (AvgIpc) is 2.44. The first-order chi connectivity index (χ1) is 11.4. The van der Waals surface area contributed by atoms with E-state index in [0.717, 1.165) is 23.3 Å². The Morgan fingerprint density at radius 2 is 1.64 bits per heavy atom. The molecular formula is C18H18F3NO3. The number of nitro groups is 1. The fraction of sp³-hybridized carbons (Fsp3) is 0.333. The van der Waals surface area contributed by atoms with Crippen LogP contribution in [-0.2, 0) is 11.6 Å². The summed E-state index contributed by atoms with van der Waals surface area (Å²) in [7, 11) is 0. The fourth-order valence-electron chi connectivity index (χ4n) is 2.37. The third kappa shape index (κ3) is 4.29. The number of ether oxygens (including phenoxy) is 1. The monoisotopic (exact) mass is 353 g/mol. The molecule has 4 nitrogen and oxygen atoms in total. The number of hydrogen-bond donors (Lipinski definition) is 0. The zero-order chi connectivity index (χ0) is 19.0. The normalized spacial score (nSPS) is 12.1. The summed E-state index contributed by atoms with van der Waals surface area (Å²) < 4.78 is 44.1. The lowest BCUT2D eigenvalue weighted by Crippen LogP contribution is -2.13. The minimum Gasteiger partial charge on any atom is -0.450 e. The second-order valence-electron chi connectivity index (χ2n) is 6.79. The van der Waals surface area contributed by atoms with Gasteiger partial charge in [-0.15, -0.1) is 0 Å². The highest BCUT2D eigenvalue weighted by Crippen LogP contribution is 2.40. The zero-order valence-electron chi connectivity index (χ0n) is 14.3. The molecule has 0 radical (unpaired) electrons. The Kier molecular flexibility index (Phi) is 4.79. The maximum Gasteiger partial charge on any atom is 0.416 e. The SMILES string of the molecule is Cc1ccc(C(C)(C)C)c(Oc2ccc(C(F)(F)F)cc2[N+](=O)[O-])c1. The van der Waals surface area contributed by atoms with Crippen LogP contribution in [0.2, 0.25) is 0 Å². The number of nitrogens with zero attached hydrogens (tertiary/aromatic N) is 1. The van der Waals surface area contributed by atoms with Crippen LogP contribution in [0.15, 0.2) is 36.4 Å². The Hall–Kier alpha value is -2.57. The summed E-state index contributed by atoms with van der Waals surface area (Å²) in [4.78, 5) is 10.3. The van der Waals surface area contributed by atoms with E-state index in [9.17, 15) is 23.3 Å². The number of aryl methyl sites for hydroxylation is 1. The number of benzene rings is 2. The van der Waals surface area contributed by atoms with Crippen LogP contribution >= 0.6 is 0 Å². The van der Waals surface area contributed by atoms with Crippen molar-refractivity contribution >= 4 is 5.69 Å². The molecule has 2 rings (SSSR count). The molecular weight excluding hydrogens is 335 g/mol. The first kappa shape index (κ1) is 18.8. The third-order valence-corrected chi connectivity index (χ3v) is 3.65. The summed E-state index contributed by atoms with van der Waals surface area (Å²) in [5, 5.41) is 11.2. The first-order valence-electron chi connectivity index (χ1n) is 7.54. The van der Waals surface area contributed by atoms with Gasteiger partial charge in [0.25, 0.3) is 0 Å². The third-order valence-electron chi connectivity index (χ3n) is 3.65. The van der Waals surface area contributed by atoms with E-state index in [-0.39, 0.29) is 11.2 Å². The summed E-state index contributed by atoms with van der Waals surface area (Å²) >= 11 is 0. The van der Waals surface area contributed by atoms with Gasteiger partial charge in [0.2, 0.25) is 5.75 Å². The van der Waals surface area contributed by atoms with Gasteiger partial charge in [-0.1, -0.05) is 32.9 Å². The lowest BCUT2D eigenvalue weighted by molar-refractivity contribution is -0.385. The van der Waals surface area contributed by atoms with Crippen molar-refractivity contribution in [3.05, 3.63) is 63.2 Å². The van der Waals surface area contributed by atoms with Crippen molar-refractivity contribution in [2.45, 2.75) is 39.3 Å². The molecule has 25 heavy (non-hydrogen) atoms. The lowest BCUT2D eigenvalue weighted by atomic mass is 9.86. The predicted octanol–water partition coefficient (Wildman–Crippen LogP) is 6.01. The molecule has 0 unspecified atom stereocenters. The minimum absolute atomic E-state index is 0.228. The van der Waals surface area contributed by atoms with Crippen LogP contribution in [0, 0.1) is 17.0 Å². The van der Waals surface area contributed by atoms with Gasteiger partial charge in [0.05, 0.1) is 10.5 Å². The molecule has 0 saturated carbocycles. The van der Waals surface area contributed by atoms with Crippen molar-refractivity contribution in [2.24, 2.45) is 0 Å². The van der Waals surface area contributed by atoms with Gasteiger partial charge in [0, 0.05) is 11.6 Å². The van der Waals surface area contributed by atoms with Crippen molar-refractivity contribution in [1.29, 1.82) is 0 Å². The number of rotatable bonds is 3. The molecule has 2 aromatic rings. The second kappa shape index (κ2) is 6.38. The van der Waals surface area contributed by atoms with E-state index in [1.54, 1.807) is 6.07 Å². The van der Waals surface area contributed by atoms with Crippen LogP contribution in [-0.4, -0.2) is 4.92 Å². The lowest BCUT2D eigenvalue weighted by Gasteiger charge is -2.23. The van der Waals surface area contributed by atoms with Crippen LogP contribution in [0.4, 0.5) is 18.9 Å². The maximum absolute atomic E-state index is 12.8. The standard InChI is InChI=1S/C18H18F3NO3/c1-11-5-7-13(17(2,3)4)16(9-11)25-15-8-6-12(18(19,20)21)10-14(15)22(23)24/h5-10H,1-4H3. The molecule has 0 aliphatic rings. The van der Waals surface area contributed by atoms with Crippen LogP contribution in [0.1, 0.15) is 37.5 Å². The van der Waals surface area contributed by atoms with Crippen molar-refractivity contribution in [2.75, 3.05) is 0 Å². The maximum atomic E-state index is 12.8. The van der Waals surface area contributed by atoms with Gasteiger partial charge in [-0.05, 0) is 36.1 Å². The van der Waals surface area contributed by atoms with E-state index in [1.165, 1.54) is 0 Å². The fourth-order valence-corrected chi connectivity index (χ4v) is 2.37. The quantitative estimate of drug-likeness (QED) is 0.501. The molecule has 134 valence electrons. The summed E-state index contributed by atoms with van der Waals surface area (Å²) in [6.45, 7) is 7.68. The van der Waals surface area contributed by atoms with Gasteiger partial charge in [0.15, 0.2) is 0 Å². The van der Waals surface area contributed by atoms with Crippen LogP contribution in [0.5, 0.6) is 11.5 Å². The molecule has 0 heterocycles. The number of hydrogen-bond acceptors (Lipinski definition) is 3. The average molecular weight is 353 g/mol. The highest BCUT2D eigenvalue weighted by molar-refractivity contribution is 5.53. The smallest absolute Gasteiger partial charge is 0.416 e. The van der Waals surface area contributed by atoms with Gasteiger partial charge in [-0.2, -0.15) is 13.2 Å². The Morgan fingerprint density at radius 1 is 1.00 bits per heavy atom. The summed E-state index contributed by atoms with van der Waals surface area (Å²) in [5.74, 6) is 0.157. The molecule has 0 saturated heterocycles. The first-order valence-corrected chi connectivity index (χ1v) is 7.54. The van der Waals surface area contributed by atoms with Crippen molar-refractivity contribution < 1.29 is 22.8 Å². The van der Waals surface area contributed by atoms with E-state index >= 15 is 0 Å². The van der Waals surface area contributed by atoms with E-state index in [2.05, 4.69) is 0 Å². The van der Waals surface area contributed by atoms with Gasteiger partial charge in [-0.3, -0.25) is 10.1 Å². The number of alkyl halides is 3. The van der Waals surface area contributed by atoms with Gasteiger partial charge in [-0.25, -0.2) is 0 Å². The zero-order valence-corrected chi connectivity index (χ0v) is 14.3. The topological polar surface area (TPSA) is 52.4 Å². The Bertz CT molecular complexity index is 808. The van der Waals surface area contributed by atoms with E-state index in [4.69, 9.17) is 4.74 Å². The van der Waals surface area contributed by atoms with Crippen LogP contribution < -0.4 is 4.74 Å². The molecule has 0 fully saturated rings. The van der Waals surface area contributed by atoms with Crippen molar-refractivity contribution in [3.63, 3.8) is 0 Å². The second-order valence-corrected chi connectivity index (χ2v) is 6.79. The molecule has 0 amide bonds. The minimum atomic E-state index is -4.66. The van der Waals surface area contributed by atoms with Gasteiger partial charge < -0.3 is 4.74 Å². The predicted molar refractivity (Wildman–Crippen MR) is 88.1 cm³/mol. The molecule has 0 atom stereocenters. The molecule has 0 N–H and O–H groups in total. The Balaban J connectivity index is 2.55. The Morgan fingerprint density at radius 3 is 2.16 bits per heavy atom. The van der Waals surface area contributed by atoms with E-state index in [1.807, 2.05) is 39.8 Å². The summed E-state index contributed by atoms with van der Waals surface area (Å²) in [6, 6.07) is 7.68. The molecule has 7 heteroatoms. The molecule has 2 aromatic carbocycles. The van der Waals surface area contributed by atoms with Crippen molar-refractivity contribution in [3.8, 4) is 11.5 Å². The number of nitro benzene ring substituents is 1. The van der Waals surface area contributed by atoms with Gasteiger partial charge in [0.1, 0.15) is 5.75 Å². The van der Waals surface area contributed by atoms with Crippen LogP contribution in [0.3, 0.4) is 0 Å². The highest BCUT2D eigenvalue weighted by atomic mass is 19.4. The summed E-state index contributed by atoms with van der Waals surface area (Å²) in [6.07, 6.45) is -4.66. The largest absolute Gasteiger partial charge is 0.450 e. The van der Waals surface area contributed by atoms with Crippen molar-refractivity contribution in [1.82, 2.24) is 0 Å². The molecule has 0 aliphatic heterocycles. The summed E-state index contributed by atoms with van der Waals surface area (Å²) in [5.41, 5.74) is -0.447. The Labute approximate surface area is 143 Å².